The molecule has 2 aliphatic rings. The van der Waals surface area contributed by atoms with Gasteiger partial charge in [-0.1, -0.05) is 63.4 Å². The summed E-state index contributed by atoms with van der Waals surface area (Å²) < 4.78 is 5.64. The Balaban J connectivity index is 0.00000106. The van der Waals surface area contributed by atoms with Crippen LogP contribution >= 0.6 is 0 Å². The molecule has 3 N–H and O–H groups in total. The number of rotatable bonds is 6. The summed E-state index contributed by atoms with van der Waals surface area (Å²) in [5.41, 5.74) is 5.40. The fraction of sp³-hybridized carbons (Fsp3) is 0.484. The molecular weight excluding hydrogens is 466 g/mol. The highest BCUT2D eigenvalue weighted by atomic mass is 16.5. The molecule has 2 aromatic rings. The average molecular weight is 512 g/mol. The third-order valence-electron chi connectivity index (χ3n) is 7.51. The van der Waals surface area contributed by atoms with E-state index in [1.165, 1.54) is 24.8 Å². The molecule has 37 heavy (non-hydrogen) atoms. The first-order valence-corrected chi connectivity index (χ1v) is 13.1. The van der Waals surface area contributed by atoms with Gasteiger partial charge < -0.3 is 25.1 Å². The smallest absolute Gasteiger partial charge is 0.294 e. The topological polar surface area (TPSA) is 95.9 Å². The minimum Gasteiger partial charge on any atom is -0.508 e. The first-order valence-electron chi connectivity index (χ1n) is 13.1. The van der Waals surface area contributed by atoms with Gasteiger partial charge in [0.15, 0.2) is 5.60 Å². The lowest BCUT2D eigenvalue weighted by molar-refractivity contribution is -0.148. The lowest BCUT2D eigenvalue weighted by atomic mass is 9.71. The summed E-state index contributed by atoms with van der Waals surface area (Å²) in [4.78, 5) is 19.4. The van der Waals surface area contributed by atoms with Crippen molar-refractivity contribution in [3.8, 4) is 11.1 Å². The van der Waals surface area contributed by atoms with Crippen LogP contribution in [-0.2, 0) is 14.3 Å². The summed E-state index contributed by atoms with van der Waals surface area (Å²) in [7, 11) is 2.92. The molecule has 4 rings (SSSR count). The standard InChI is InChI=1S/C27H33NO3.C2H6.CH4O.CH2O/c1-18-14-21(10-11-25(18)22-7-5-9-24(15-22)28-3)19(2)26(30)27(31-17-29)13-12-20-6-4-8-23(20)16-27;3*1-2/h5,7,9-11,14-15,17,20,23,28,30H,4,6,8,12-13,16H2,1-3H3;1-2H3;2H,1H3;1H2/b26-19-;;;. The number of carbonyl (C=O) groups is 2. The number of aliphatic hydroxyl groups is 2. The van der Waals surface area contributed by atoms with Crippen molar-refractivity contribution in [1.82, 2.24) is 0 Å². The predicted molar refractivity (Wildman–Crippen MR) is 153 cm³/mol. The first-order chi connectivity index (χ1) is 18.0. The molecular formula is C31H45NO5. The number of benzene rings is 2. The number of aryl methyl sites for hydroxylation is 1. The Kier molecular flexibility index (Phi) is 13.7. The van der Waals surface area contributed by atoms with Gasteiger partial charge in [-0.3, -0.25) is 4.79 Å². The summed E-state index contributed by atoms with van der Waals surface area (Å²) in [5.74, 6) is 1.47. The number of fused-ring (bicyclic) bond motifs is 1. The van der Waals surface area contributed by atoms with Crippen molar-refractivity contribution in [2.45, 2.75) is 71.8 Å². The Morgan fingerprint density at radius 3 is 2.38 bits per heavy atom. The van der Waals surface area contributed by atoms with E-state index in [4.69, 9.17) is 14.6 Å². The fourth-order valence-electron chi connectivity index (χ4n) is 5.72. The van der Waals surface area contributed by atoms with Crippen LogP contribution < -0.4 is 5.32 Å². The van der Waals surface area contributed by atoms with Crippen molar-refractivity contribution < 1.29 is 24.5 Å². The van der Waals surface area contributed by atoms with E-state index in [9.17, 15) is 9.90 Å². The zero-order valence-corrected chi connectivity index (χ0v) is 23.3. The Labute approximate surface area is 222 Å². The van der Waals surface area contributed by atoms with Gasteiger partial charge in [-0.2, -0.15) is 0 Å². The van der Waals surface area contributed by atoms with Crippen molar-refractivity contribution in [3.05, 3.63) is 59.4 Å². The highest BCUT2D eigenvalue weighted by molar-refractivity contribution is 5.75. The van der Waals surface area contributed by atoms with Crippen molar-refractivity contribution in [2.24, 2.45) is 11.8 Å². The van der Waals surface area contributed by atoms with Gasteiger partial charge in [-0.25, -0.2) is 0 Å². The molecule has 3 unspecified atom stereocenters. The minimum absolute atomic E-state index is 0.217. The summed E-state index contributed by atoms with van der Waals surface area (Å²) in [6, 6.07) is 14.6. The van der Waals surface area contributed by atoms with E-state index in [1.54, 1.807) is 0 Å². The van der Waals surface area contributed by atoms with E-state index < -0.39 is 5.60 Å². The fourth-order valence-corrected chi connectivity index (χ4v) is 5.72. The van der Waals surface area contributed by atoms with E-state index in [-0.39, 0.29) is 5.76 Å². The molecule has 0 aromatic heterocycles. The Morgan fingerprint density at radius 2 is 1.76 bits per heavy atom. The van der Waals surface area contributed by atoms with Crippen LogP contribution in [0.4, 0.5) is 5.69 Å². The number of carbonyl (C=O) groups excluding carboxylic acids is 2. The largest absolute Gasteiger partial charge is 0.508 e. The molecule has 6 heteroatoms. The Hall–Kier alpha value is -3.12. The van der Waals surface area contributed by atoms with Crippen LogP contribution in [0.2, 0.25) is 0 Å². The normalized spacial score (nSPS) is 22.2. The summed E-state index contributed by atoms with van der Waals surface area (Å²) >= 11 is 0. The second-order valence-electron chi connectivity index (χ2n) is 9.24. The van der Waals surface area contributed by atoms with E-state index in [2.05, 4.69) is 42.6 Å². The first kappa shape index (κ1) is 31.9. The van der Waals surface area contributed by atoms with E-state index in [1.807, 2.05) is 46.7 Å². The molecule has 2 saturated carbocycles. The van der Waals surface area contributed by atoms with Crippen LogP contribution in [-0.4, -0.2) is 43.2 Å². The van der Waals surface area contributed by atoms with Gasteiger partial charge in [0, 0.05) is 19.8 Å². The van der Waals surface area contributed by atoms with E-state index in [0.717, 1.165) is 47.9 Å². The highest BCUT2D eigenvalue weighted by Gasteiger charge is 2.47. The number of ether oxygens (including phenoxy) is 1. The summed E-state index contributed by atoms with van der Waals surface area (Å²) in [6.45, 7) is 10.5. The van der Waals surface area contributed by atoms with Crippen LogP contribution in [0.1, 0.15) is 70.4 Å². The maximum Gasteiger partial charge on any atom is 0.294 e. The molecule has 2 aliphatic carbocycles. The van der Waals surface area contributed by atoms with Crippen molar-refractivity contribution in [2.75, 3.05) is 19.5 Å². The van der Waals surface area contributed by atoms with Gasteiger partial charge >= 0.3 is 0 Å². The van der Waals surface area contributed by atoms with Gasteiger partial charge in [0.25, 0.3) is 6.47 Å². The van der Waals surface area contributed by atoms with E-state index >= 15 is 0 Å². The molecule has 0 aliphatic heterocycles. The predicted octanol–water partition coefficient (Wildman–Crippen LogP) is 6.95. The molecule has 0 amide bonds. The lowest BCUT2D eigenvalue weighted by Crippen LogP contribution is -2.42. The zero-order chi connectivity index (χ0) is 28.0. The summed E-state index contributed by atoms with van der Waals surface area (Å²) in [6.07, 6.45) is 6.11. The van der Waals surface area contributed by atoms with Gasteiger partial charge in [0.1, 0.15) is 12.5 Å². The average Bonchev–Trinajstić information content (AvgIpc) is 3.43. The van der Waals surface area contributed by atoms with Crippen molar-refractivity contribution in [1.29, 1.82) is 0 Å². The van der Waals surface area contributed by atoms with Crippen LogP contribution in [0.5, 0.6) is 0 Å². The monoisotopic (exact) mass is 511 g/mol. The molecule has 6 nitrogen and oxygen atoms in total. The van der Waals surface area contributed by atoms with Crippen molar-refractivity contribution in [3.63, 3.8) is 0 Å². The molecule has 2 aromatic carbocycles. The van der Waals surface area contributed by atoms with Gasteiger partial charge in [-0.05, 0) is 84.9 Å². The van der Waals surface area contributed by atoms with E-state index in [0.29, 0.717) is 24.7 Å². The van der Waals surface area contributed by atoms with Crippen LogP contribution in [0.3, 0.4) is 0 Å². The molecule has 0 spiro atoms. The molecule has 0 bridgehead atoms. The van der Waals surface area contributed by atoms with Gasteiger partial charge in [-0.15, -0.1) is 0 Å². The van der Waals surface area contributed by atoms with Gasteiger partial charge in [0.2, 0.25) is 0 Å². The Bertz CT molecular complexity index is 1020. The minimum atomic E-state index is -0.884. The van der Waals surface area contributed by atoms with Crippen LogP contribution in [0, 0.1) is 18.8 Å². The summed E-state index contributed by atoms with van der Waals surface area (Å²) in [5, 5.41) is 21.5. The number of allylic oxidation sites excluding steroid dienone is 1. The van der Waals surface area contributed by atoms with Crippen LogP contribution in [0.25, 0.3) is 16.7 Å². The number of anilines is 1. The molecule has 0 heterocycles. The third kappa shape index (κ3) is 7.45. The molecule has 3 atom stereocenters. The maximum absolute atomic E-state index is 11.4. The number of hydrogen-bond donors (Lipinski definition) is 3. The quantitative estimate of drug-likeness (QED) is 0.287. The maximum atomic E-state index is 11.4. The van der Waals surface area contributed by atoms with Crippen LogP contribution in [0.15, 0.2) is 48.2 Å². The Morgan fingerprint density at radius 1 is 1.08 bits per heavy atom. The second kappa shape index (κ2) is 15.9. The van der Waals surface area contributed by atoms with Crippen molar-refractivity contribution >= 4 is 24.5 Å². The van der Waals surface area contributed by atoms with Gasteiger partial charge in [0.05, 0.1) is 0 Å². The number of nitrogens with one attached hydrogen (secondary N) is 1. The lowest BCUT2D eigenvalue weighted by Gasteiger charge is -2.41. The SMILES string of the molecule is C=O.CC.CNc1cccc(-c2ccc(/C(C)=C(\O)C3(OC=O)CCC4CCCC4C3)cc2C)c1.CO. The second-order valence-corrected chi connectivity index (χ2v) is 9.24. The molecule has 0 saturated heterocycles. The third-order valence-corrected chi connectivity index (χ3v) is 7.51. The highest BCUT2D eigenvalue weighted by Crippen LogP contribution is 2.50. The zero-order valence-electron chi connectivity index (χ0n) is 23.3. The molecule has 0 radical (unpaired) electrons. The number of hydrogen-bond acceptors (Lipinski definition) is 6. The number of aliphatic hydroxyl groups excluding tert-OH is 2. The molecule has 2 fully saturated rings. The molecule has 204 valence electrons.